The topological polar surface area (TPSA) is 59.5 Å². The fraction of sp³-hybridized carbons (Fsp3) is 0.316. The predicted molar refractivity (Wildman–Crippen MR) is 96.6 cm³/mol. The Kier molecular flexibility index (Phi) is 3.23. The molecule has 0 spiro atoms. The summed E-state index contributed by atoms with van der Waals surface area (Å²) in [6.07, 6.45) is 4.01. The van der Waals surface area contributed by atoms with Gasteiger partial charge >= 0.3 is 0 Å². The Hall–Kier alpha value is -2.89. The van der Waals surface area contributed by atoms with Gasteiger partial charge in [-0.05, 0) is 43.0 Å². The largest absolute Gasteiger partial charge is 0.461 e. The Morgan fingerprint density at radius 1 is 1.04 bits per heavy atom. The van der Waals surface area contributed by atoms with Crippen molar-refractivity contribution in [2.45, 2.75) is 19.8 Å². The summed E-state index contributed by atoms with van der Waals surface area (Å²) in [7, 11) is 0. The smallest absolute Gasteiger partial charge is 0.213 e. The van der Waals surface area contributed by atoms with Crippen LogP contribution >= 0.6 is 0 Å². The quantitative estimate of drug-likeness (QED) is 0.559. The van der Waals surface area contributed by atoms with Crippen LogP contribution in [0.2, 0.25) is 0 Å². The van der Waals surface area contributed by atoms with E-state index < -0.39 is 0 Å². The molecule has 0 amide bonds. The van der Waals surface area contributed by atoms with Crippen LogP contribution < -0.4 is 4.90 Å². The number of piperidine rings is 1. The first kappa shape index (κ1) is 14.5. The zero-order valence-electron chi connectivity index (χ0n) is 14.1. The van der Waals surface area contributed by atoms with Crippen LogP contribution in [0.15, 0.2) is 47.1 Å². The number of benzene rings is 1. The van der Waals surface area contributed by atoms with Crippen molar-refractivity contribution in [3.8, 4) is 11.6 Å². The number of aromatic nitrogens is 4. The highest BCUT2D eigenvalue weighted by atomic mass is 16.3. The third-order valence-corrected chi connectivity index (χ3v) is 5.04. The van der Waals surface area contributed by atoms with Gasteiger partial charge in [-0.25, -0.2) is 9.38 Å². The summed E-state index contributed by atoms with van der Waals surface area (Å²) in [6, 6.07) is 11.9. The Bertz CT molecular complexity index is 1030. The molecule has 1 aromatic carbocycles. The minimum atomic E-state index is 0.701. The molecular formula is C19H19N5O. The molecular weight excluding hydrogens is 314 g/mol. The zero-order chi connectivity index (χ0) is 16.8. The summed E-state index contributed by atoms with van der Waals surface area (Å²) in [5.41, 5.74) is 1.77. The second kappa shape index (κ2) is 5.58. The molecule has 5 rings (SSSR count). The summed E-state index contributed by atoms with van der Waals surface area (Å²) in [4.78, 5) is 7.30. The first-order valence-electron chi connectivity index (χ1n) is 8.74. The molecule has 0 radical (unpaired) electrons. The number of fused-ring (bicyclic) bond motifs is 3. The number of furan rings is 1. The molecule has 0 bridgehead atoms. The lowest BCUT2D eigenvalue weighted by Gasteiger charge is -2.31. The molecule has 25 heavy (non-hydrogen) atoms. The van der Waals surface area contributed by atoms with Gasteiger partial charge in [0.1, 0.15) is 0 Å². The molecule has 3 aromatic heterocycles. The van der Waals surface area contributed by atoms with E-state index in [1.165, 1.54) is 12.8 Å². The van der Waals surface area contributed by atoms with E-state index in [9.17, 15) is 0 Å². The summed E-state index contributed by atoms with van der Waals surface area (Å²) >= 11 is 0. The first-order chi connectivity index (χ1) is 12.3. The van der Waals surface area contributed by atoms with Gasteiger partial charge in [0.25, 0.3) is 0 Å². The molecule has 0 atom stereocenters. The third kappa shape index (κ3) is 2.28. The fourth-order valence-corrected chi connectivity index (χ4v) is 3.55. The highest BCUT2D eigenvalue weighted by molar-refractivity contribution is 5.93. The fourth-order valence-electron chi connectivity index (χ4n) is 3.55. The van der Waals surface area contributed by atoms with E-state index in [4.69, 9.17) is 9.40 Å². The van der Waals surface area contributed by atoms with Crippen molar-refractivity contribution >= 4 is 22.5 Å². The van der Waals surface area contributed by atoms with Crippen LogP contribution in [-0.2, 0) is 0 Å². The van der Waals surface area contributed by atoms with Gasteiger partial charge in [0.05, 0.1) is 11.8 Å². The number of hydrogen-bond donors (Lipinski definition) is 0. The maximum Gasteiger partial charge on any atom is 0.213 e. The molecule has 1 saturated heterocycles. The third-order valence-electron chi connectivity index (χ3n) is 5.04. The summed E-state index contributed by atoms with van der Waals surface area (Å²) in [5.74, 6) is 3.07. The maximum absolute atomic E-state index is 5.59. The van der Waals surface area contributed by atoms with E-state index in [0.717, 1.165) is 41.5 Å². The van der Waals surface area contributed by atoms with Crippen molar-refractivity contribution in [3.05, 3.63) is 42.7 Å². The lowest BCUT2D eigenvalue weighted by Crippen LogP contribution is -2.34. The van der Waals surface area contributed by atoms with Crippen LogP contribution in [0.25, 0.3) is 28.1 Å². The second-order valence-corrected chi connectivity index (χ2v) is 6.76. The van der Waals surface area contributed by atoms with Crippen molar-refractivity contribution in [1.29, 1.82) is 0 Å². The molecule has 1 aliphatic rings. The van der Waals surface area contributed by atoms with E-state index in [1.54, 1.807) is 6.26 Å². The van der Waals surface area contributed by atoms with Crippen LogP contribution in [0.3, 0.4) is 0 Å². The number of hydrogen-bond acceptors (Lipinski definition) is 5. The van der Waals surface area contributed by atoms with Gasteiger partial charge in [-0.3, -0.25) is 0 Å². The maximum atomic E-state index is 5.59. The average molecular weight is 333 g/mol. The zero-order valence-corrected chi connectivity index (χ0v) is 14.1. The van der Waals surface area contributed by atoms with E-state index >= 15 is 0 Å². The van der Waals surface area contributed by atoms with Crippen LogP contribution in [0.5, 0.6) is 0 Å². The van der Waals surface area contributed by atoms with Gasteiger partial charge in [0.15, 0.2) is 11.4 Å². The van der Waals surface area contributed by atoms with Crippen LogP contribution in [0.4, 0.5) is 5.95 Å². The molecule has 126 valence electrons. The Morgan fingerprint density at radius 3 is 2.68 bits per heavy atom. The highest BCUT2D eigenvalue weighted by Gasteiger charge is 2.24. The number of anilines is 1. The van der Waals surface area contributed by atoms with Gasteiger partial charge in [0, 0.05) is 18.5 Å². The molecule has 1 aliphatic heterocycles. The molecule has 4 aromatic rings. The first-order valence-corrected chi connectivity index (χ1v) is 8.74. The Labute approximate surface area is 145 Å². The van der Waals surface area contributed by atoms with Gasteiger partial charge in [-0.2, -0.15) is 0 Å². The molecule has 4 heterocycles. The summed E-state index contributed by atoms with van der Waals surface area (Å²) in [5, 5.41) is 9.87. The van der Waals surface area contributed by atoms with E-state index in [0.29, 0.717) is 11.6 Å². The van der Waals surface area contributed by atoms with Crippen LogP contribution in [0, 0.1) is 5.92 Å². The molecule has 6 heteroatoms. The summed E-state index contributed by atoms with van der Waals surface area (Å²) in [6.45, 7) is 4.31. The second-order valence-electron chi connectivity index (χ2n) is 6.76. The SMILES string of the molecule is CC1CCN(c2nc3ccccc3c3nnc(-c4ccco4)n23)CC1. The molecule has 0 aliphatic carbocycles. The predicted octanol–water partition coefficient (Wildman–Crippen LogP) is 3.77. The lowest BCUT2D eigenvalue weighted by atomic mass is 10.00. The van der Waals surface area contributed by atoms with Crippen molar-refractivity contribution in [2.24, 2.45) is 5.92 Å². The number of rotatable bonds is 2. The number of nitrogens with zero attached hydrogens (tertiary/aromatic N) is 5. The minimum absolute atomic E-state index is 0.701. The molecule has 1 fully saturated rings. The lowest BCUT2D eigenvalue weighted by molar-refractivity contribution is 0.434. The van der Waals surface area contributed by atoms with Gasteiger partial charge in [-0.15, -0.1) is 10.2 Å². The van der Waals surface area contributed by atoms with Gasteiger partial charge < -0.3 is 9.32 Å². The van der Waals surface area contributed by atoms with Crippen molar-refractivity contribution in [2.75, 3.05) is 18.0 Å². The van der Waals surface area contributed by atoms with Gasteiger partial charge in [0.2, 0.25) is 11.8 Å². The molecule has 0 saturated carbocycles. The van der Waals surface area contributed by atoms with Crippen LogP contribution in [-0.4, -0.2) is 32.7 Å². The van der Waals surface area contributed by atoms with E-state index in [-0.39, 0.29) is 0 Å². The minimum Gasteiger partial charge on any atom is -0.461 e. The van der Waals surface area contributed by atoms with Crippen LogP contribution in [0.1, 0.15) is 19.8 Å². The van der Waals surface area contributed by atoms with Crippen molar-refractivity contribution < 1.29 is 4.42 Å². The Balaban J connectivity index is 1.79. The molecule has 0 N–H and O–H groups in total. The van der Waals surface area contributed by atoms with E-state index in [1.807, 2.05) is 40.8 Å². The van der Waals surface area contributed by atoms with Gasteiger partial charge in [-0.1, -0.05) is 19.1 Å². The van der Waals surface area contributed by atoms with Crippen molar-refractivity contribution in [3.63, 3.8) is 0 Å². The molecule has 6 nitrogen and oxygen atoms in total. The van der Waals surface area contributed by atoms with Crippen molar-refractivity contribution in [1.82, 2.24) is 19.6 Å². The Morgan fingerprint density at radius 2 is 1.88 bits per heavy atom. The molecule has 0 unspecified atom stereocenters. The normalized spacial score (nSPS) is 16.1. The van der Waals surface area contributed by atoms with E-state index in [2.05, 4.69) is 22.0 Å². The highest BCUT2D eigenvalue weighted by Crippen LogP contribution is 2.30. The monoisotopic (exact) mass is 333 g/mol. The number of para-hydroxylation sites is 1. The standard InChI is InChI=1S/C19H19N5O/c1-13-8-10-23(11-9-13)19-20-15-6-3-2-5-14(15)17-21-22-18(24(17)19)16-7-4-12-25-16/h2-7,12-13H,8-11H2,1H3. The summed E-state index contributed by atoms with van der Waals surface area (Å²) < 4.78 is 7.63. The average Bonchev–Trinajstić information content (AvgIpc) is 3.31.